The van der Waals surface area contributed by atoms with Crippen LogP contribution in [-0.2, 0) is 5.54 Å². The first-order valence-electron chi connectivity index (χ1n) is 10.4. The molecule has 4 rings (SSSR count). The molecule has 2 aromatic heterocycles. The summed E-state index contributed by atoms with van der Waals surface area (Å²) in [6.45, 7) is 5.59. The molecule has 3 N–H and O–H groups in total. The van der Waals surface area contributed by atoms with Crippen LogP contribution in [0.4, 0.5) is 15.9 Å². The summed E-state index contributed by atoms with van der Waals surface area (Å²) < 4.78 is 19.6. The van der Waals surface area contributed by atoms with E-state index >= 15 is 4.39 Å². The number of ether oxygens (including phenoxy) is 1. The van der Waals surface area contributed by atoms with E-state index in [-0.39, 0.29) is 17.7 Å². The van der Waals surface area contributed by atoms with Crippen LogP contribution in [0.2, 0.25) is 0 Å². The Morgan fingerprint density at radius 2 is 2.09 bits per heavy atom. The fourth-order valence-corrected chi connectivity index (χ4v) is 5.07. The molecular weight excluding hydrogens is 453 g/mol. The molecule has 0 saturated heterocycles. The van der Waals surface area contributed by atoms with Gasteiger partial charge in [-0.05, 0) is 32.0 Å². The standard InChI is InChI=1S/C24H22FN7OS/c1-5-8-33-16-10-19-20(28-11-16)21(30-13-29-19)31-15-6-7-18(25)17(9-15)24(4)14(2)23(3,12-26)34-22(27)32-24/h1,6-7,9-11,13-14H,8H2,2-4H3,(H2,27,32)(H,29,30,31)/t14-,23-,24+/m1/s1. The number of nitrogens with two attached hydrogens (primary N) is 1. The fraction of sp³-hybridized carbons (Fsp3) is 0.292. The van der Waals surface area contributed by atoms with Gasteiger partial charge in [0.1, 0.15) is 34.8 Å². The van der Waals surface area contributed by atoms with Crippen LogP contribution in [0.1, 0.15) is 26.3 Å². The van der Waals surface area contributed by atoms with Crippen LogP contribution in [0.15, 0.2) is 41.8 Å². The smallest absolute Gasteiger partial charge is 0.160 e. The molecule has 34 heavy (non-hydrogen) atoms. The van der Waals surface area contributed by atoms with Crippen LogP contribution in [0.3, 0.4) is 0 Å². The lowest BCUT2D eigenvalue weighted by molar-refractivity contribution is 0.284. The number of halogens is 1. The predicted octanol–water partition coefficient (Wildman–Crippen LogP) is 4.11. The van der Waals surface area contributed by atoms with E-state index in [1.165, 1.54) is 30.4 Å². The van der Waals surface area contributed by atoms with Gasteiger partial charge >= 0.3 is 0 Å². The third-order valence-corrected chi connectivity index (χ3v) is 7.27. The van der Waals surface area contributed by atoms with Gasteiger partial charge in [-0.15, -0.1) is 6.42 Å². The predicted molar refractivity (Wildman–Crippen MR) is 131 cm³/mol. The van der Waals surface area contributed by atoms with Gasteiger partial charge in [0.15, 0.2) is 11.0 Å². The van der Waals surface area contributed by atoms with Gasteiger partial charge in [0.05, 0.1) is 23.3 Å². The van der Waals surface area contributed by atoms with Gasteiger partial charge in [-0.1, -0.05) is 24.6 Å². The summed E-state index contributed by atoms with van der Waals surface area (Å²) in [7, 11) is 0. The Labute approximate surface area is 200 Å². The maximum atomic E-state index is 15.1. The van der Waals surface area contributed by atoms with E-state index in [1.54, 1.807) is 32.0 Å². The lowest BCUT2D eigenvalue weighted by Gasteiger charge is -2.43. The van der Waals surface area contributed by atoms with Crippen LogP contribution >= 0.6 is 11.8 Å². The van der Waals surface area contributed by atoms with E-state index < -0.39 is 16.1 Å². The maximum Gasteiger partial charge on any atom is 0.160 e. The number of aliphatic imine (C=N–C) groups is 1. The highest BCUT2D eigenvalue weighted by Crippen LogP contribution is 2.50. The van der Waals surface area contributed by atoms with E-state index in [1.807, 2.05) is 6.92 Å². The highest BCUT2D eigenvalue weighted by Gasteiger charge is 2.50. The van der Waals surface area contributed by atoms with Crippen molar-refractivity contribution in [3.63, 3.8) is 0 Å². The molecule has 3 aromatic rings. The number of rotatable bonds is 5. The summed E-state index contributed by atoms with van der Waals surface area (Å²) >= 11 is 1.20. The second-order valence-electron chi connectivity index (χ2n) is 8.21. The molecule has 0 spiro atoms. The average Bonchev–Trinajstić information content (AvgIpc) is 2.82. The molecule has 3 atom stereocenters. The Morgan fingerprint density at radius 3 is 2.82 bits per heavy atom. The van der Waals surface area contributed by atoms with E-state index in [0.717, 1.165) is 0 Å². The molecule has 0 radical (unpaired) electrons. The van der Waals surface area contributed by atoms with Crippen molar-refractivity contribution in [2.45, 2.75) is 31.1 Å². The number of thioether (sulfide) groups is 1. The van der Waals surface area contributed by atoms with Crippen molar-refractivity contribution < 1.29 is 9.13 Å². The third-order valence-electron chi connectivity index (χ3n) is 6.10. The molecule has 0 unspecified atom stereocenters. The van der Waals surface area contributed by atoms with Crippen molar-refractivity contribution >= 4 is 39.5 Å². The Hall–Kier alpha value is -3.89. The Bertz CT molecular complexity index is 1380. The lowest BCUT2D eigenvalue weighted by atomic mass is 9.74. The van der Waals surface area contributed by atoms with Gasteiger partial charge in [0, 0.05) is 23.2 Å². The highest BCUT2D eigenvalue weighted by molar-refractivity contribution is 8.15. The molecule has 10 heteroatoms. The quantitative estimate of drug-likeness (QED) is 0.529. The third kappa shape index (κ3) is 4.09. The summed E-state index contributed by atoms with van der Waals surface area (Å²) in [5.74, 6) is 2.57. The molecule has 172 valence electrons. The van der Waals surface area contributed by atoms with Gasteiger partial charge in [0.25, 0.3) is 0 Å². The Balaban J connectivity index is 1.73. The maximum absolute atomic E-state index is 15.1. The number of nitrogens with one attached hydrogen (secondary N) is 1. The number of hydrogen-bond acceptors (Lipinski definition) is 9. The molecular formula is C24H22FN7OS. The van der Waals surface area contributed by atoms with Crippen LogP contribution in [0, 0.1) is 35.4 Å². The number of fused-ring (bicyclic) bond motifs is 1. The number of benzene rings is 1. The van der Waals surface area contributed by atoms with Crippen LogP contribution < -0.4 is 15.8 Å². The normalized spacial score (nSPS) is 24.1. The molecule has 0 amide bonds. The first kappa shape index (κ1) is 23.3. The van der Waals surface area contributed by atoms with Crippen LogP contribution in [0.5, 0.6) is 5.75 Å². The molecule has 0 bridgehead atoms. The minimum absolute atomic E-state index is 0.120. The van der Waals surface area contributed by atoms with E-state index in [0.29, 0.717) is 33.9 Å². The van der Waals surface area contributed by atoms with Crippen LogP contribution in [-0.4, -0.2) is 31.5 Å². The van der Waals surface area contributed by atoms with Crippen LogP contribution in [0.25, 0.3) is 11.0 Å². The number of pyridine rings is 1. The lowest BCUT2D eigenvalue weighted by Crippen LogP contribution is -2.47. The summed E-state index contributed by atoms with van der Waals surface area (Å²) in [6.07, 6.45) is 8.16. The zero-order chi connectivity index (χ0) is 24.5. The summed E-state index contributed by atoms with van der Waals surface area (Å²) in [4.78, 5) is 17.5. The monoisotopic (exact) mass is 475 g/mol. The fourth-order valence-electron chi connectivity index (χ4n) is 3.95. The number of anilines is 2. The van der Waals surface area contributed by atoms with Gasteiger partial charge in [-0.3, -0.25) is 4.99 Å². The van der Waals surface area contributed by atoms with Gasteiger partial charge in [-0.2, -0.15) is 5.26 Å². The van der Waals surface area contributed by atoms with Gasteiger partial charge in [0.2, 0.25) is 0 Å². The Morgan fingerprint density at radius 1 is 1.29 bits per heavy atom. The number of hydrogen-bond donors (Lipinski definition) is 2. The van der Waals surface area contributed by atoms with Crippen molar-refractivity contribution in [3.8, 4) is 24.2 Å². The van der Waals surface area contributed by atoms with E-state index in [4.69, 9.17) is 16.9 Å². The topological polar surface area (TPSA) is 122 Å². The minimum atomic E-state index is -1.04. The van der Waals surface area contributed by atoms with Crippen molar-refractivity contribution in [1.29, 1.82) is 5.26 Å². The first-order valence-corrected chi connectivity index (χ1v) is 11.2. The number of terminal acetylenes is 1. The molecule has 8 nitrogen and oxygen atoms in total. The zero-order valence-electron chi connectivity index (χ0n) is 18.8. The average molecular weight is 476 g/mol. The number of nitrogens with zero attached hydrogens (tertiary/aromatic N) is 5. The molecule has 1 aliphatic rings. The molecule has 1 aromatic carbocycles. The second kappa shape index (κ2) is 8.81. The number of nitriles is 1. The summed E-state index contributed by atoms with van der Waals surface area (Å²) in [5, 5.41) is 13.2. The summed E-state index contributed by atoms with van der Waals surface area (Å²) in [5.41, 5.74) is 6.97. The van der Waals surface area contributed by atoms with Gasteiger partial charge < -0.3 is 15.8 Å². The molecule has 3 heterocycles. The number of aromatic nitrogens is 3. The number of amidine groups is 1. The minimum Gasteiger partial charge on any atom is -0.479 e. The Kier molecular flexibility index (Phi) is 6.03. The van der Waals surface area contributed by atoms with Crippen molar-refractivity contribution in [2.75, 3.05) is 11.9 Å². The first-order chi connectivity index (χ1) is 16.2. The largest absolute Gasteiger partial charge is 0.479 e. The second-order valence-corrected chi connectivity index (χ2v) is 9.68. The van der Waals surface area contributed by atoms with Crippen molar-refractivity contribution in [1.82, 2.24) is 15.0 Å². The van der Waals surface area contributed by atoms with Crippen molar-refractivity contribution in [2.24, 2.45) is 16.6 Å². The molecule has 0 saturated carbocycles. The summed E-state index contributed by atoms with van der Waals surface area (Å²) in [6, 6.07) is 8.64. The molecule has 1 aliphatic heterocycles. The zero-order valence-corrected chi connectivity index (χ0v) is 19.7. The van der Waals surface area contributed by atoms with E-state index in [2.05, 4.69) is 37.3 Å². The molecule has 0 fully saturated rings. The van der Waals surface area contributed by atoms with Crippen molar-refractivity contribution in [3.05, 3.63) is 48.2 Å². The molecule has 0 aliphatic carbocycles. The SMILES string of the molecule is C#CCOc1cnc2c(Nc3ccc(F)c([C@@]4(C)N=C(N)S[C@](C)(C#N)[C@H]4C)c3)ncnc2c1. The van der Waals surface area contributed by atoms with Gasteiger partial charge in [-0.25, -0.2) is 19.3 Å². The highest BCUT2D eigenvalue weighted by atomic mass is 32.2. The van der Waals surface area contributed by atoms with E-state index in [9.17, 15) is 5.26 Å².